The molecule has 0 aliphatic heterocycles. The summed E-state index contributed by atoms with van der Waals surface area (Å²) in [5.74, 6) is -1.63. The van der Waals surface area contributed by atoms with Gasteiger partial charge in [-0.3, -0.25) is 9.59 Å². The van der Waals surface area contributed by atoms with Crippen molar-refractivity contribution >= 4 is 11.9 Å². The van der Waals surface area contributed by atoms with Gasteiger partial charge in [-0.1, -0.05) is 0 Å². The Balaban J connectivity index is 3.50. The van der Waals surface area contributed by atoms with E-state index in [-0.39, 0.29) is 12.8 Å². The van der Waals surface area contributed by atoms with E-state index < -0.39 is 17.5 Å². The molecule has 6 heteroatoms. The molecule has 0 radical (unpaired) electrons. The molecule has 0 amide bonds. The van der Waals surface area contributed by atoms with Crippen LogP contribution in [-0.2, 0) is 14.4 Å². The number of rotatable bonds is 6. The molecule has 82 valence electrons. The first-order valence-corrected chi connectivity index (χ1v) is 4.24. The van der Waals surface area contributed by atoms with Crippen molar-refractivity contribution in [3.8, 4) is 0 Å². The average molecular weight is 204 g/mol. The van der Waals surface area contributed by atoms with E-state index in [1.165, 1.54) is 0 Å². The summed E-state index contributed by atoms with van der Waals surface area (Å²) in [5.41, 5.74) is 7.50. The third-order valence-electron chi connectivity index (χ3n) is 1.26. The van der Waals surface area contributed by atoms with Crippen LogP contribution in [0.1, 0.15) is 26.7 Å². The van der Waals surface area contributed by atoms with Crippen LogP contribution in [0.25, 0.3) is 0 Å². The number of carbonyl (C=O) groups is 2. The van der Waals surface area contributed by atoms with Gasteiger partial charge < -0.3 is 15.7 Å². The van der Waals surface area contributed by atoms with Gasteiger partial charge in [-0.15, -0.1) is 0 Å². The second kappa shape index (κ2) is 5.56. The molecule has 0 atom stereocenters. The van der Waals surface area contributed by atoms with Gasteiger partial charge in [0.25, 0.3) is 0 Å². The minimum Gasteiger partial charge on any atom is -0.481 e. The van der Waals surface area contributed by atoms with E-state index in [2.05, 4.69) is 10.3 Å². The summed E-state index contributed by atoms with van der Waals surface area (Å²) in [6.07, 6.45) is -0.375. The van der Waals surface area contributed by atoms with Crippen LogP contribution >= 0.6 is 0 Å². The molecule has 0 aliphatic rings. The number of hydrogen-bond donors (Lipinski definition) is 3. The summed E-state index contributed by atoms with van der Waals surface area (Å²) >= 11 is 0. The maximum absolute atomic E-state index is 10.8. The molecular weight excluding hydrogens is 188 g/mol. The van der Waals surface area contributed by atoms with Crippen molar-refractivity contribution in [1.82, 2.24) is 5.48 Å². The highest BCUT2D eigenvalue weighted by Crippen LogP contribution is 1.94. The lowest BCUT2D eigenvalue weighted by molar-refractivity contribution is -0.154. The Morgan fingerprint density at radius 1 is 1.43 bits per heavy atom. The fourth-order valence-corrected chi connectivity index (χ4v) is 0.563. The minimum atomic E-state index is -1.03. The predicted molar refractivity (Wildman–Crippen MR) is 49.2 cm³/mol. The standard InChI is InChI=1S/C8H16N2O4/c1-8(2,9)5-10-14-7(13)4-3-6(11)12/h10H,3-5,9H2,1-2H3,(H,11,12). The summed E-state index contributed by atoms with van der Waals surface area (Å²) in [7, 11) is 0. The molecule has 0 fully saturated rings. The topological polar surface area (TPSA) is 102 Å². The van der Waals surface area contributed by atoms with Crippen LogP contribution in [0.5, 0.6) is 0 Å². The van der Waals surface area contributed by atoms with Crippen LogP contribution < -0.4 is 11.2 Å². The lowest BCUT2D eigenvalue weighted by atomic mass is 10.1. The summed E-state index contributed by atoms with van der Waals surface area (Å²) in [6.45, 7) is 3.85. The Kier molecular flexibility index (Phi) is 5.11. The largest absolute Gasteiger partial charge is 0.481 e. The van der Waals surface area contributed by atoms with E-state index in [1.54, 1.807) is 13.8 Å². The van der Waals surface area contributed by atoms with Crippen LogP contribution in [-0.4, -0.2) is 29.1 Å². The van der Waals surface area contributed by atoms with Gasteiger partial charge in [-0.05, 0) is 13.8 Å². The van der Waals surface area contributed by atoms with Crippen molar-refractivity contribution in [3.63, 3.8) is 0 Å². The van der Waals surface area contributed by atoms with Crippen LogP contribution in [0.3, 0.4) is 0 Å². The molecule has 0 spiro atoms. The number of hydroxylamine groups is 1. The normalized spacial score (nSPS) is 11.1. The van der Waals surface area contributed by atoms with Gasteiger partial charge in [0.15, 0.2) is 0 Å². The van der Waals surface area contributed by atoms with E-state index >= 15 is 0 Å². The minimum absolute atomic E-state index is 0.146. The second-order valence-electron chi connectivity index (χ2n) is 3.68. The highest BCUT2D eigenvalue weighted by molar-refractivity contribution is 5.76. The molecule has 6 nitrogen and oxygen atoms in total. The maximum Gasteiger partial charge on any atom is 0.325 e. The average Bonchev–Trinajstić information content (AvgIpc) is 1.98. The molecule has 0 aromatic carbocycles. The van der Waals surface area contributed by atoms with Crippen LogP contribution in [0.4, 0.5) is 0 Å². The van der Waals surface area contributed by atoms with Crippen molar-refractivity contribution in [1.29, 1.82) is 0 Å². The molecule has 14 heavy (non-hydrogen) atoms. The third kappa shape index (κ3) is 8.95. The molecule has 0 bridgehead atoms. The van der Waals surface area contributed by atoms with Gasteiger partial charge in [0.05, 0.1) is 12.8 Å². The summed E-state index contributed by atoms with van der Waals surface area (Å²) in [5, 5.41) is 8.27. The molecular formula is C8H16N2O4. The van der Waals surface area contributed by atoms with Gasteiger partial charge in [0.2, 0.25) is 0 Å². The number of carboxylic acid groups (broad SMARTS) is 1. The van der Waals surface area contributed by atoms with Crippen molar-refractivity contribution < 1.29 is 19.5 Å². The molecule has 0 heterocycles. The zero-order chi connectivity index (χ0) is 11.2. The van der Waals surface area contributed by atoms with E-state index in [9.17, 15) is 9.59 Å². The number of nitrogens with one attached hydrogen (secondary N) is 1. The number of nitrogens with two attached hydrogens (primary N) is 1. The molecule has 0 rings (SSSR count). The highest BCUT2D eigenvalue weighted by Gasteiger charge is 2.12. The lowest BCUT2D eigenvalue weighted by Crippen LogP contribution is -2.43. The van der Waals surface area contributed by atoms with E-state index in [0.29, 0.717) is 6.54 Å². The van der Waals surface area contributed by atoms with Crippen molar-refractivity contribution in [2.75, 3.05) is 6.54 Å². The summed E-state index contributed by atoms with van der Waals surface area (Å²) < 4.78 is 0. The van der Waals surface area contributed by atoms with Gasteiger partial charge >= 0.3 is 11.9 Å². The molecule has 0 aromatic rings. The number of aliphatic carboxylic acids is 1. The smallest absolute Gasteiger partial charge is 0.325 e. The Hall–Kier alpha value is -1.14. The Morgan fingerprint density at radius 3 is 2.43 bits per heavy atom. The van der Waals surface area contributed by atoms with E-state index in [1.807, 2.05) is 0 Å². The number of carbonyl (C=O) groups excluding carboxylic acids is 1. The summed E-state index contributed by atoms with van der Waals surface area (Å²) in [6, 6.07) is 0. The second-order valence-corrected chi connectivity index (χ2v) is 3.68. The first-order chi connectivity index (χ1) is 6.31. The maximum atomic E-state index is 10.8. The molecule has 0 aliphatic carbocycles. The quantitative estimate of drug-likeness (QED) is 0.510. The fraction of sp³-hybridized carbons (Fsp3) is 0.750. The van der Waals surface area contributed by atoms with Gasteiger partial charge in [-0.2, -0.15) is 5.48 Å². The first kappa shape index (κ1) is 12.9. The van der Waals surface area contributed by atoms with E-state index in [0.717, 1.165) is 0 Å². The van der Waals surface area contributed by atoms with Crippen molar-refractivity contribution in [2.24, 2.45) is 5.73 Å². The van der Waals surface area contributed by atoms with Crippen molar-refractivity contribution in [2.45, 2.75) is 32.2 Å². The van der Waals surface area contributed by atoms with Gasteiger partial charge in [0.1, 0.15) is 0 Å². The zero-order valence-corrected chi connectivity index (χ0v) is 8.37. The van der Waals surface area contributed by atoms with Crippen LogP contribution in [0, 0.1) is 0 Å². The Bertz CT molecular complexity index is 210. The van der Waals surface area contributed by atoms with E-state index in [4.69, 9.17) is 10.8 Å². The first-order valence-electron chi connectivity index (χ1n) is 4.24. The molecule has 0 aromatic heterocycles. The van der Waals surface area contributed by atoms with Gasteiger partial charge in [-0.25, -0.2) is 0 Å². The number of hydrogen-bond acceptors (Lipinski definition) is 5. The summed E-state index contributed by atoms with van der Waals surface area (Å²) in [4.78, 5) is 25.5. The monoisotopic (exact) mass is 204 g/mol. The Labute approximate surface area is 82.4 Å². The van der Waals surface area contributed by atoms with Gasteiger partial charge in [0, 0.05) is 12.1 Å². The fourth-order valence-electron chi connectivity index (χ4n) is 0.563. The molecule has 0 saturated carbocycles. The molecule has 4 N–H and O–H groups in total. The Morgan fingerprint density at radius 2 is 2.00 bits per heavy atom. The third-order valence-corrected chi connectivity index (χ3v) is 1.26. The lowest BCUT2D eigenvalue weighted by Gasteiger charge is -2.18. The SMILES string of the molecule is CC(C)(N)CNOC(=O)CCC(=O)O. The number of carboxylic acids is 1. The van der Waals surface area contributed by atoms with Crippen LogP contribution in [0.15, 0.2) is 0 Å². The predicted octanol–water partition coefficient (Wildman–Crippen LogP) is -0.364. The van der Waals surface area contributed by atoms with Crippen molar-refractivity contribution in [3.05, 3.63) is 0 Å². The highest BCUT2D eigenvalue weighted by atomic mass is 16.7. The van der Waals surface area contributed by atoms with Crippen LogP contribution in [0.2, 0.25) is 0 Å². The molecule has 0 saturated heterocycles. The molecule has 0 unspecified atom stereocenters. The zero-order valence-electron chi connectivity index (χ0n) is 8.37.